The van der Waals surface area contributed by atoms with Gasteiger partial charge in [0.15, 0.2) is 5.78 Å². The molecular formula is C22H28N4O12. The van der Waals surface area contributed by atoms with Crippen LogP contribution in [0.2, 0.25) is 0 Å². The number of carboxylic acid groups (broad SMARTS) is 2. The van der Waals surface area contributed by atoms with Gasteiger partial charge in [0.1, 0.15) is 12.6 Å². The summed E-state index contributed by atoms with van der Waals surface area (Å²) in [7, 11) is 0. The molecule has 38 heavy (non-hydrogen) atoms. The van der Waals surface area contributed by atoms with E-state index in [1.165, 1.54) is 0 Å². The molecule has 3 unspecified atom stereocenters. The minimum Gasteiger partial charge on any atom is -0.481 e. The molecule has 4 N–H and O–H groups in total. The van der Waals surface area contributed by atoms with Gasteiger partial charge in [0.05, 0.1) is 24.8 Å². The van der Waals surface area contributed by atoms with Gasteiger partial charge >= 0.3 is 17.9 Å². The second-order valence-electron chi connectivity index (χ2n) is 8.77. The fourth-order valence-corrected chi connectivity index (χ4v) is 4.13. The van der Waals surface area contributed by atoms with Gasteiger partial charge in [-0.3, -0.25) is 38.4 Å². The normalized spacial score (nSPS) is 18.5. The topological polar surface area (TPSA) is 234 Å². The Morgan fingerprint density at radius 2 is 1.61 bits per heavy atom. The number of Topliss-reactive ketones (excluding diaryl/α,β-unsaturated/α-hetero) is 1. The van der Waals surface area contributed by atoms with Gasteiger partial charge in [0.25, 0.3) is 11.8 Å². The van der Waals surface area contributed by atoms with Gasteiger partial charge in [-0.2, -0.15) is 0 Å². The van der Waals surface area contributed by atoms with Crippen LogP contribution in [0, 0.1) is 5.92 Å². The first kappa shape index (κ1) is 29.9. The summed E-state index contributed by atoms with van der Waals surface area (Å²) >= 11 is 0. The quantitative estimate of drug-likeness (QED) is 0.181. The molecule has 0 bridgehead atoms. The highest BCUT2D eigenvalue weighted by Gasteiger charge is 2.40. The number of ketones is 1. The van der Waals surface area contributed by atoms with Crippen LogP contribution in [0.1, 0.15) is 51.9 Å². The molecule has 0 aliphatic carbocycles. The van der Waals surface area contributed by atoms with Crippen molar-refractivity contribution in [2.24, 2.45) is 5.92 Å². The van der Waals surface area contributed by atoms with Gasteiger partial charge in [-0.05, 0) is 12.8 Å². The molecule has 16 heteroatoms. The van der Waals surface area contributed by atoms with Crippen LogP contribution in [0.15, 0.2) is 0 Å². The van der Waals surface area contributed by atoms with Crippen LogP contribution in [-0.4, -0.2) is 98.6 Å². The second kappa shape index (κ2) is 13.3. The lowest BCUT2D eigenvalue weighted by Gasteiger charge is -2.28. The van der Waals surface area contributed by atoms with E-state index in [0.29, 0.717) is 6.42 Å². The molecule has 2 fully saturated rings. The van der Waals surface area contributed by atoms with Gasteiger partial charge in [0, 0.05) is 32.7 Å². The molecule has 2 saturated heterocycles. The van der Waals surface area contributed by atoms with E-state index in [2.05, 4.69) is 10.6 Å². The molecule has 3 atom stereocenters. The lowest BCUT2D eigenvalue weighted by molar-refractivity contribution is -0.198. The first-order valence-electron chi connectivity index (χ1n) is 11.7. The van der Waals surface area contributed by atoms with Crippen LogP contribution in [-0.2, 0) is 48.0 Å². The van der Waals surface area contributed by atoms with E-state index >= 15 is 0 Å². The van der Waals surface area contributed by atoms with E-state index in [4.69, 9.17) is 15.1 Å². The van der Waals surface area contributed by atoms with E-state index in [1.54, 1.807) is 0 Å². The zero-order valence-electron chi connectivity index (χ0n) is 20.5. The van der Waals surface area contributed by atoms with Crippen LogP contribution < -0.4 is 10.6 Å². The SMILES string of the molecule is CC(=O)NC(CC(=O)O)C(=O)N1CCCC1C(=O)CC(CC(=O)ON1C(=O)CCC1=O)C(=O)NCC(=O)O. The number of rotatable bonds is 13. The Morgan fingerprint density at radius 3 is 2.16 bits per heavy atom. The second-order valence-corrected chi connectivity index (χ2v) is 8.77. The largest absolute Gasteiger partial charge is 0.481 e. The summed E-state index contributed by atoms with van der Waals surface area (Å²) in [5.41, 5.74) is 0. The third kappa shape index (κ3) is 8.35. The minimum atomic E-state index is -1.47. The average Bonchev–Trinajstić information content (AvgIpc) is 3.43. The van der Waals surface area contributed by atoms with Gasteiger partial charge in [-0.15, -0.1) is 5.06 Å². The van der Waals surface area contributed by atoms with Crippen LogP contribution in [0.3, 0.4) is 0 Å². The monoisotopic (exact) mass is 540 g/mol. The predicted octanol–water partition coefficient (Wildman–Crippen LogP) is -2.27. The molecule has 2 aliphatic rings. The fraction of sp³-hybridized carbons (Fsp3) is 0.591. The number of carbonyl (C=O) groups is 9. The number of carbonyl (C=O) groups excluding carboxylic acids is 7. The minimum absolute atomic E-state index is 0.0715. The lowest BCUT2D eigenvalue weighted by Crippen LogP contribution is -2.52. The van der Waals surface area contributed by atoms with E-state index in [9.17, 15) is 43.2 Å². The molecule has 2 rings (SSSR count). The summed E-state index contributed by atoms with van der Waals surface area (Å²) in [4.78, 5) is 114. The number of nitrogens with one attached hydrogen (secondary N) is 2. The molecule has 5 amide bonds. The molecule has 2 heterocycles. The molecule has 0 radical (unpaired) electrons. The van der Waals surface area contributed by atoms with Crippen molar-refractivity contribution in [3.8, 4) is 0 Å². The number of imide groups is 1. The molecule has 2 aliphatic heterocycles. The summed E-state index contributed by atoms with van der Waals surface area (Å²) in [5, 5.41) is 22.5. The molecule has 0 aromatic heterocycles. The number of aliphatic carboxylic acids is 2. The number of hydrogen-bond acceptors (Lipinski definition) is 10. The zero-order chi connectivity index (χ0) is 28.6. The Bertz CT molecular complexity index is 1010. The Balaban J connectivity index is 2.16. The molecule has 0 aromatic rings. The van der Waals surface area contributed by atoms with E-state index < -0.39 is 97.0 Å². The number of hydrogen-bond donors (Lipinski definition) is 4. The van der Waals surface area contributed by atoms with Crippen molar-refractivity contribution in [3.63, 3.8) is 0 Å². The Kier molecular flexibility index (Phi) is 10.4. The molecule has 16 nitrogen and oxygen atoms in total. The number of amides is 5. The van der Waals surface area contributed by atoms with Crippen molar-refractivity contribution in [1.82, 2.24) is 20.6 Å². The number of nitrogens with zero attached hydrogens (tertiary/aromatic N) is 2. The van der Waals surface area contributed by atoms with Gasteiger partial charge in [-0.25, -0.2) is 4.79 Å². The van der Waals surface area contributed by atoms with Crippen molar-refractivity contribution in [2.45, 2.75) is 64.0 Å². The number of carboxylic acids is 2. The standard InChI is InChI=1S/C22H28N4O12/c1-11(27)24-13(9-18(31)32)22(37)25-6-2-3-14(25)15(28)7-12(21(36)23-10-19(33)34)8-20(35)38-26-16(29)4-5-17(26)30/h12-14H,2-10H2,1H3,(H,23,36)(H,24,27)(H,31,32)(H,33,34). The van der Waals surface area contributed by atoms with Crippen molar-refractivity contribution in [1.29, 1.82) is 0 Å². The predicted molar refractivity (Wildman–Crippen MR) is 120 cm³/mol. The van der Waals surface area contributed by atoms with Crippen LogP contribution >= 0.6 is 0 Å². The molecule has 0 aromatic carbocycles. The number of likely N-dealkylation sites (tertiary alicyclic amines) is 1. The van der Waals surface area contributed by atoms with E-state index in [-0.39, 0.29) is 30.9 Å². The van der Waals surface area contributed by atoms with Crippen molar-refractivity contribution in [2.75, 3.05) is 13.1 Å². The fourth-order valence-electron chi connectivity index (χ4n) is 4.13. The Hall–Kier alpha value is -4.37. The van der Waals surface area contributed by atoms with Crippen molar-refractivity contribution in [3.05, 3.63) is 0 Å². The highest BCUT2D eigenvalue weighted by Crippen LogP contribution is 2.24. The third-order valence-corrected chi connectivity index (χ3v) is 5.81. The summed E-state index contributed by atoms with van der Waals surface area (Å²) in [5.74, 6) is -10.1. The molecule has 208 valence electrons. The molecule has 0 spiro atoms. The van der Waals surface area contributed by atoms with Crippen molar-refractivity contribution < 1.29 is 58.2 Å². The smallest absolute Gasteiger partial charge is 0.334 e. The van der Waals surface area contributed by atoms with Crippen LogP contribution in [0.5, 0.6) is 0 Å². The van der Waals surface area contributed by atoms with Crippen molar-refractivity contribution >= 4 is 53.2 Å². The average molecular weight is 540 g/mol. The van der Waals surface area contributed by atoms with Gasteiger partial charge in [-0.1, -0.05) is 0 Å². The van der Waals surface area contributed by atoms with Gasteiger partial charge < -0.3 is 30.6 Å². The van der Waals surface area contributed by atoms with Gasteiger partial charge in [0.2, 0.25) is 17.7 Å². The van der Waals surface area contributed by atoms with E-state index in [0.717, 1.165) is 11.8 Å². The summed E-state index contributed by atoms with van der Waals surface area (Å²) in [6, 6.07) is -2.53. The molecule has 0 saturated carbocycles. The summed E-state index contributed by atoms with van der Waals surface area (Å²) < 4.78 is 0. The van der Waals surface area contributed by atoms with Crippen LogP contribution in [0.4, 0.5) is 0 Å². The van der Waals surface area contributed by atoms with E-state index in [1.807, 2.05) is 0 Å². The number of hydroxylamine groups is 2. The summed E-state index contributed by atoms with van der Waals surface area (Å²) in [6.45, 7) is 0.350. The zero-order valence-corrected chi connectivity index (χ0v) is 20.5. The summed E-state index contributed by atoms with van der Waals surface area (Å²) in [6.07, 6.45) is -1.97. The lowest BCUT2D eigenvalue weighted by atomic mass is 9.93. The molecular weight excluding hydrogens is 512 g/mol. The maximum Gasteiger partial charge on any atom is 0.334 e. The first-order chi connectivity index (χ1) is 17.8. The maximum absolute atomic E-state index is 13.1. The third-order valence-electron chi connectivity index (χ3n) is 5.81. The first-order valence-corrected chi connectivity index (χ1v) is 11.7. The van der Waals surface area contributed by atoms with Crippen LogP contribution in [0.25, 0.3) is 0 Å². The highest BCUT2D eigenvalue weighted by molar-refractivity contribution is 6.02. The maximum atomic E-state index is 13.1. The Labute approximate surface area is 215 Å². The Morgan fingerprint density at radius 1 is 0.974 bits per heavy atom. The highest BCUT2D eigenvalue weighted by atomic mass is 16.7.